The first kappa shape index (κ1) is 11.7. The van der Waals surface area contributed by atoms with Crippen molar-refractivity contribution >= 4 is 11.6 Å². The van der Waals surface area contributed by atoms with Gasteiger partial charge in [-0.05, 0) is 43.5 Å². The van der Waals surface area contributed by atoms with Gasteiger partial charge in [0.05, 0.1) is 7.11 Å². The lowest BCUT2D eigenvalue weighted by Gasteiger charge is -2.15. The maximum atomic E-state index is 6.28. The number of ether oxygens (including phenoxy) is 1. The molecule has 1 aromatic rings. The van der Waals surface area contributed by atoms with Crippen molar-refractivity contribution in [1.82, 2.24) is 5.32 Å². The van der Waals surface area contributed by atoms with Crippen molar-refractivity contribution in [2.45, 2.75) is 32.2 Å². The lowest BCUT2D eigenvalue weighted by atomic mass is 10.0. The van der Waals surface area contributed by atoms with Gasteiger partial charge in [-0.15, -0.1) is 0 Å². The van der Waals surface area contributed by atoms with Crippen LogP contribution in [0.5, 0.6) is 5.75 Å². The number of halogens is 1. The van der Waals surface area contributed by atoms with E-state index in [0.717, 1.165) is 29.3 Å². The number of methoxy groups -OCH3 is 1. The zero-order valence-electron chi connectivity index (χ0n) is 9.85. The Kier molecular flexibility index (Phi) is 3.72. The smallest absolute Gasteiger partial charge is 0.123 e. The highest BCUT2D eigenvalue weighted by molar-refractivity contribution is 6.31. The van der Waals surface area contributed by atoms with Gasteiger partial charge in [-0.2, -0.15) is 0 Å². The maximum absolute atomic E-state index is 6.28. The van der Waals surface area contributed by atoms with Crippen LogP contribution in [-0.4, -0.2) is 13.7 Å². The van der Waals surface area contributed by atoms with E-state index in [1.807, 2.05) is 0 Å². The summed E-state index contributed by atoms with van der Waals surface area (Å²) >= 11 is 6.28. The van der Waals surface area contributed by atoms with Gasteiger partial charge < -0.3 is 10.1 Å². The minimum Gasteiger partial charge on any atom is -0.496 e. The van der Waals surface area contributed by atoms with Crippen LogP contribution in [0.4, 0.5) is 0 Å². The molecular weight excluding hydrogens is 222 g/mol. The summed E-state index contributed by atoms with van der Waals surface area (Å²) in [6.45, 7) is 3.19. The largest absolute Gasteiger partial charge is 0.496 e. The third-order valence-corrected chi connectivity index (χ3v) is 3.55. The van der Waals surface area contributed by atoms with E-state index in [2.05, 4.69) is 24.4 Å². The Hall–Kier alpha value is -0.730. The lowest BCUT2D eigenvalue weighted by molar-refractivity contribution is 0.409. The van der Waals surface area contributed by atoms with Crippen LogP contribution < -0.4 is 10.1 Å². The van der Waals surface area contributed by atoms with Gasteiger partial charge in [-0.25, -0.2) is 0 Å². The molecule has 1 aliphatic heterocycles. The van der Waals surface area contributed by atoms with Crippen molar-refractivity contribution in [2.24, 2.45) is 0 Å². The molecule has 0 saturated carbocycles. The molecule has 2 rings (SSSR count). The van der Waals surface area contributed by atoms with E-state index >= 15 is 0 Å². The van der Waals surface area contributed by atoms with Crippen LogP contribution in [0.15, 0.2) is 12.1 Å². The summed E-state index contributed by atoms with van der Waals surface area (Å²) in [6, 6.07) is 4.64. The summed E-state index contributed by atoms with van der Waals surface area (Å²) in [5.74, 6) is 0.915. The second-order valence-corrected chi connectivity index (χ2v) is 4.59. The van der Waals surface area contributed by atoms with E-state index < -0.39 is 0 Å². The monoisotopic (exact) mass is 239 g/mol. The fraction of sp³-hybridized carbons (Fsp3) is 0.538. The van der Waals surface area contributed by atoms with E-state index in [0.29, 0.717) is 6.04 Å². The maximum Gasteiger partial charge on any atom is 0.123 e. The summed E-state index contributed by atoms with van der Waals surface area (Å²) in [7, 11) is 1.71. The van der Waals surface area contributed by atoms with E-state index in [4.69, 9.17) is 16.3 Å². The van der Waals surface area contributed by atoms with Crippen molar-refractivity contribution in [1.29, 1.82) is 0 Å². The first-order valence-corrected chi connectivity index (χ1v) is 6.23. The number of hydrogen-bond donors (Lipinski definition) is 1. The second-order valence-electron chi connectivity index (χ2n) is 4.19. The minimum absolute atomic E-state index is 0.442. The Balaban J connectivity index is 2.36. The van der Waals surface area contributed by atoms with Gasteiger partial charge in [0, 0.05) is 16.6 Å². The molecule has 1 saturated heterocycles. The number of rotatable bonds is 3. The molecule has 1 atom stereocenters. The van der Waals surface area contributed by atoms with Gasteiger partial charge in [0.25, 0.3) is 0 Å². The van der Waals surface area contributed by atoms with Crippen LogP contribution in [-0.2, 0) is 6.42 Å². The molecule has 2 nitrogen and oxygen atoms in total. The lowest BCUT2D eigenvalue weighted by Crippen LogP contribution is -2.13. The summed E-state index contributed by atoms with van der Waals surface area (Å²) in [4.78, 5) is 0. The van der Waals surface area contributed by atoms with Crippen molar-refractivity contribution < 1.29 is 4.74 Å². The molecule has 1 aliphatic rings. The van der Waals surface area contributed by atoms with Gasteiger partial charge in [0.15, 0.2) is 0 Å². The van der Waals surface area contributed by atoms with Crippen molar-refractivity contribution in [2.75, 3.05) is 13.7 Å². The molecule has 0 aromatic heterocycles. The van der Waals surface area contributed by atoms with Crippen LogP contribution in [0.2, 0.25) is 5.02 Å². The highest BCUT2D eigenvalue weighted by Gasteiger charge is 2.19. The molecule has 1 N–H and O–H groups in total. The fourth-order valence-corrected chi connectivity index (χ4v) is 2.68. The van der Waals surface area contributed by atoms with Gasteiger partial charge >= 0.3 is 0 Å². The Labute approximate surface area is 102 Å². The topological polar surface area (TPSA) is 21.3 Å². The van der Waals surface area contributed by atoms with Gasteiger partial charge in [0.2, 0.25) is 0 Å². The van der Waals surface area contributed by atoms with Crippen molar-refractivity contribution in [3.05, 3.63) is 28.3 Å². The molecule has 1 unspecified atom stereocenters. The van der Waals surface area contributed by atoms with Crippen LogP contribution in [0.1, 0.15) is 36.9 Å². The third-order valence-electron chi connectivity index (χ3n) is 3.21. The molecule has 0 radical (unpaired) electrons. The van der Waals surface area contributed by atoms with E-state index in [1.54, 1.807) is 7.11 Å². The summed E-state index contributed by atoms with van der Waals surface area (Å²) in [5.41, 5.74) is 2.35. The van der Waals surface area contributed by atoms with Crippen LogP contribution in [0.3, 0.4) is 0 Å². The first-order valence-electron chi connectivity index (χ1n) is 5.86. The van der Waals surface area contributed by atoms with Crippen LogP contribution in [0, 0.1) is 0 Å². The zero-order valence-corrected chi connectivity index (χ0v) is 10.6. The number of hydrogen-bond acceptors (Lipinski definition) is 2. The molecule has 0 bridgehead atoms. The molecule has 1 heterocycles. The molecule has 16 heavy (non-hydrogen) atoms. The van der Waals surface area contributed by atoms with Gasteiger partial charge in [-0.1, -0.05) is 18.5 Å². The molecule has 88 valence electrons. The second kappa shape index (κ2) is 5.07. The van der Waals surface area contributed by atoms with Gasteiger partial charge in [0.1, 0.15) is 5.75 Å². The Morgan fingerprint density at radius 3 is 2.88 bits per heavy atom. The van der Waals surface area contributed by atoms with Crippen molar-refractivity contribution in [3.8, 4) is 5.75 Å². The van der Waals surface area contributed by atoms with E-state index in [-0.39, 0.29) is 0 Å². The first-order chi connectivity index (χ1) is 7.76. The molecule has 0 spiro atoms. The summed E-state index contributed by atoms with van der Waals surface area (Å²) in [5, 5.41) is 4.30. The summed E-state index contributed by atoms with van der Waals surface area (Å²) in [6.07, 6.45) is 3.32. The highest BCUT2D eigenvalue weighted by atomic mass is 35.5. The SMILES string of the molecule is CCc1c(Cl)cc(C2CCCN2)cc1OC. The summed E-state index contributed by atoms with van der Waals surface area (Å²) < 4.78 is 5.41. The average molecular weight is 240 g/mol. The Morgan fingerprint density at radius 1 is 1.50 bits per heavy atom. The van der Waals surface area contributed by atoms with E-state index in [9.17, 15) is 0 Å². The third kappa shape index (κ3) is 2.18. The zero-order chi connectivity index (χ0) is 11.5. The molecule has 1 aromatic carbocycles. The molecular formula is C13H18ClNO. The number of benzene rings is 1. The quantitative estimate of drug-likeness (QED) is 0.874. The standard InChI is InChI=1S/C13H18ClNO/c1-3-10-11(14)7-9(8-13(10)16-2)12-5-4-6-15-12/h7-8,12,15H,3-6H2,1-2H3. The molecule has 3 heteroatoms. The highest BCUT2D eigenvalue weighted by Crippen LogP contribution is 2.33. The Bertz CT molecular complexity index is 372. The fourth-order valence-electron chi connectivity index (χ4n) is 2.33. The van der Waals surface area contributed by atoms with Crippen LogP contribution >= 0.6 is 11.6 Å². The van der Waals surface area contributed by atoms with E-state index in [1.165, 1.54) is 18.4 Å². The normalized spacial score (nSPS) is 20.1. The number of nitrogens with one attached hydrogen (secondary N) is 1. The average Bonchev–Trinajstić information content (AvgIpc) is 2.81. The predicted octanol–water partition coefficient (Wildman–Crippen LogP) is 3.34. The van der Waals surface area contributed by atoms with Crippen molar-refractivity contribution in [3.63, 3.8) is 0 Å². The molecule has 1 fully saturated rings. The van der Waals surface area contributed by atoms with Gasteiger partial charge in [-0.3, -0.25) is 0 Å². The Morgan fingerprint density at radius 2 is 2.31 bits per heavy atom. The molecule has 0 amide bonds. The predicted molar refractivity (Wildman–Crippen MR) is 67.4 cm³/mol. The minimum atomic E-state index is 0.442. The van der Waals surface area contributed by atoms with Crippen LogP contribution in [0.25, 0.3) is 0 Å². The molecule has 0 aliphatic carbocycles.